The number of methoxy groups -OCH3 is 1. The van der Waals surface area contributed by atoms with E-state index in [0.29, 0.717) is 0 Å². The molecule has 0 aliphatic rings. The molecule has 0 aliphatic heterocycles. The van der Waals surface area contributed by atoms with E-state index in [0.717, 1.165) is 26.3 Å². The third-order valence-corrected chi connectivity index (χ3v) is 5.32. The van der Waals surface area contributed by atoms with E-state index in [4.69, 9.17) is 16.3 Å². The molecule has 30 heavy (non-hydrogen) atoms. The fourth-order valence-corrected chi connectivity index (χ4v) is 3.17. The zero-order chi connectivity index (χ0) is 23.3. The average Bonchev–Trinajstić information content (AvgIpc) is 2.61. The molecule has 0 aliphatic carbocycles. The average molecular weight is 488 g/mol. The Morgan fingerprint density at radius 3 is 2.40 bits per heavy atom. The molecule has 0 fully saturated rings. The van der Waals surface area contributed by atoms with Crippen molar-refractivity contribution in [3.63, 3.8) is 0 Å². The fraction of sp³-hybridized carbons (Fsp3) is 0.571. The van der Waals surface area contributed by atoms with Crippen molar-refractivity contribution < 1.29 is 49.0 Å². The van der Waals surface area contributed by atoms with Crippen LogP contribution in [0.4, 0.5) is 26.3 Å². The first-order valence-corrected chi connectivity index (χ1v) is 9.62. The highest BCUT2D eigenvalue weighted by Gasteiger charge is 2.51. The number of halogens is 7. The zero-order valence-corrected chi connectivity index (χ0v) is 16.9. The summed E-state index contributed by atoms with van der Waals surface area (Å²) in [6, 6.07) is -0.470. The van der Waals surface area contributed by atoms with Crippen molar-refractivity contribution in [2.75, 3.05) is 27.0 Å². The SMILES string of the molecule is COCN(C(C)COc1cnc(Cl)c(C(=O)NCC(F)(F)F)c1)S(=O)(=O)C(F)(F)F. The number of pyridine rings is 1. The predicted molar refractivity (Wildman–Crippen MR) is 91.3 cm³/mol. The van der Waals surface area contributed by atoms with Crippen LogP contribution in [-0.2, 0) is 14.8 Å². The van der Waals surface area contributed by atoms with Gasteiger partial charge in [0.2, 0.25) is 0 Å². The number of aromatic nitrogens is 1. The number of nitrogens with one attached hydrogen (secondary N) is 1. The second kappa shape index (κ2) is 9.98. The number of ether oxygens (including phenoxy) is 2. The monoisotopic (exact) mass is 487 g/mol. The van der Waals surface area contributed by atoms with E-state index in [2.05, 4.69) is 9.72 Å². The largest absolute Gasteiger partial charge is 0.511 e. The Kier molecular flexibility index (Phi) is 8.71. The Hall–Kier alpha value is -1.84. The second-order valence-corrected chi connectivity index (χ2v) is 7.96. The summed E-state index contributed by atoms with van der Waals surface area (Å²) < 4.78 is 108. The van der Waals surface area contributed by atoms with Gasteiger partial charge in [-0.1, -0.05) is 11.6 Å². The van der Waals surface area contributed by atoms with Crippen LogP contribution in [0, 0.1) is 0 Å². The van der Waals surface area contributed by atoms with Crippen molar-refractivity contribution in [1.29, 1.82) is 0 Å². The van der Waals surface area contributed by atoms with Gasteiger partial charge in [-0.2, -0.15) is 30.6 Å². The minimum Gasteiger partial charge on any atom is -0.490 e. The Bertz CT molecular complexity index is 849. The highest BCUT2D eigenvalue weighted by molar-refractivity contribution is 7.90. The van der Waals surface area contributed by atoms with Gasteiger partial charge in [-0.15, -0.1) is 0 Å². The molecule has 1 heterocycles. The van der Waals surface area contributed by atoms with Crippen LogP contribution in [0.15, 0.2) is 12.3 Å². The summed E-state index contributed by atoms with van der Waals surface area (Å²) in [7, 11) is -4.75. The van der Waals surface area contributed by atoms with Gasteiger partial charge in [0.25, 0.3) is 5.91 Å². The van der Waals surface area contributed by atoms with Gasteiger partial charge in [-0.25, -0.2) is 13.4 Å². The lowest BCUT2D eigenvalue weighted by Gasteiger charge is -2.28. The third kappa shape index (κ3) is 7.14. The number of alkyl halides is 6. The predicted octanol–water partition coefficient (Wildman–Crippen LogP) is 2.55. The lowest BCUT2D eigenvalue weighted by molar-refractivity contribution is -0.123. The highest BCUT2D eigenvalue weighted by atomic mass is 35.5. The van der Waals surface area contributed by atoms with Crippen LogP contribution in [0.1, 0.15) is 17.3 Å². The van der Waals surface area contributed by atoms with Crippen LogP contribution >= 0.6 is 11.6 Å². The van der Waals surface area contributed by atoms with Gasteiger partial charge in [-0.05, 0) is 13.0 Å². The van der Waals surface area contributed by atoms with Crippen molar-refractivity contribution >= 4 is 27.5 Å². The zero-order valence-electron chi connectivity index (χ0n) is 15.3. The van der Waals surface area contributed by atoms with Crippen LogP contribution < -0.4 is 10.1 Å². The van der Waals surface area contributed by atoms with Crippen molar-refractivity contribution in [2.45, 2.75) is 24.7 Å². The van der Waals surface area contributed by atoms with Gasteiger partial charge >= 0.3 is 21.7 Å². The van der Waals surface area contributed by atoms with Gasteiger partial charge in [-0.3, -0.25) is 4.79 Å². The Morgan fingerprint density at radius 2 is 1.90 bits per heavy atom. The standard InChI is InChI=1S/C14H16ClF6N3O5S/c1-8(24(7-28-2)30(26,27)14(19,20)21)5-29-9-3-10(11(15)22-4-9)12(25)23-6-13(16,17)18/h3-4,8H,5-7H2,1-2H3,(H,23,25). The molecule has 172 valence electrons. The Balaban J connectivity index is 2.94. The molecule has 16 heteroatoms. The van der Waals surface area contributed by atoms with Gasteiger partial charge in [0, 0.05) is 7.11 Å². The first-order valence-electron chi connectivity index (χ1n) is 7.80. The smallest absolute Gasteiger partial charge is 0.490 e. The lowest BCUT2D eigenvalue weighted by Crippen LogP contribution is -2.48. The molecular formula is C14H16ClF6N3O5S. The number of nitrogens with zero attached hydrogens (tertiary/aromatic N) is 2. The molecule has 8 nitrogen and oxygen atoms in total. The Labute approximate surface area is 172 Å². The van der Waals surface area contributed by atoms with Crippen LogP contribution in [-0.4, -0.2) is 68.3 Å². The molecule has 1 aromatic rings. The summed E-state index contributed by atoms with van der Waals surface area (Å²) in [6.45, 7) is -2.09. The normalized spacial score (nSPS) is 13.9. The topological polar surface area (TPSA) is 97.8 Å². The van der Waals surface area contributed by atoms with Crippen LogP contribution in [0.25, 0.3) is 0 Å². The molecule has 1 unspecified atom stereocenters. The number of rotatable bonds is 9. The number of sulfonamides is 1. The van der Waals surface area contributed by atoms with E-state index in [9.17, 15) is 39.6 Å². The Morgan fingerprint density at radius 1 is 1.30 bits per heavy atom. The van der Waals surface area contributed by atoms with Crippen molar-refractivity contribution in [3.05, 3.63) is 23.0 Å². The minimum absolute atomic E-state index is 0.00724. The molecule has 1 rings (SSSR count). The molecule has 0 bridgehead atoms. The quantitative estimate of drug-likeness (QED) is 0.327. The number of carbonyl (C=O) groups is 1. The summed E-state index contributed by atoms with van der Waals surface area (Å²) in [5.41, 5.74) is -6.06. The molecule has 0 radical (unpaired) electrons. The van der Waals surface area contributed by atoms with Crippen LogP contribution in [0.5, 0.6) is 5.75 Å². The van der Waals surface area contributed by atoms with Gasteiger partial charge in [0.05, 0.1) is 17.8 Å². The summed E-state index contributed by atoms with van der Waals surface area (Å²) in [6.07, 6.45) is -3.72. The summed E-state index contributed by atoms with van der Waals surface area (Å²) in [5.74, 6) is -1.46. The van der Waals surface area contributed by atoms with E-state index >= 15 is 0 Å². The number of carbonyl (C=O) groups excluding carboxylic acids is 1. The lowest BCUT2D eigenvalue weighted by atomic mass is 10.2. The van der Waals surface area contributed by atoms with Gasteiger partial charge < -0.3 is 14.8 Å². The molecule has 1 N–H and O–H groups in total. The molecule has 0 saturated carbocycles. The van der Waals surface area contributed by atoms with Crippen molar-refractivity contribution in [1.82, 2.24) is 14.6 Å². The van der Waals surface area contributed by atoms with Gasteiger partial charge in [0.15, 0.2) is 0 Å². The molecule has 1 atom stereocenters. The van der Waals surface area contributed by atoms with Crippen LogP contribution in [0.2, 0.25) is 5.15 Å². The first-order chi connectivity index (χ1) is 13.6. The molecule has 0 saturated heterocycles. The number of hydrogen-bond donors (Lipinski definition) is 1. The summed E-state index contributed by atoms with van der Waals surface area (Å²) in [5, 5.41) is 1.12. The molecule has 1 amide bonds. The number of amides is 1. The second-order valence-electron chi connectivity index (χ2n) is 5.72. The summed E-state index contributed by atoms with van der Waals surface area (Å²) in [4.78, 5) is 15.4. The summed E-state index contributed by atoms with van der Waals surface area (Å²) >= 11 is 5.67. The van der Waals surface area contributed by atoms with E-state index in [1.165, 1.54) is 0 Å². The molecule has 0 aromatic carbocycles. The van der Waals surface area contributed by atoms with E-state index < -0.39 is 64.3 Å². The minimum atomic E-state index is -5.73. The molecular weight excluding hydrogens is 472 g/mol. The maximum absolute atomic E-state index is 12.8. The van der Waals surface area contributed by atoms with E-state index in [1.807, 2.05) is 0 Å². The maximum Gasteiger partial charge on any atom is 0.511 e. The maximum atomic E-state index is 12.8. The van der Waals surface area contributed by atoms with E-state index in [1.54, 1.807) is 5.32 Å². The molecule has 0 spiro atoms. The highest BCUT2D eigenvalue weighted by Crippen LogP contribution is 2.28. The van der Waals surface area contributed by atoms with Crippen molar-refractivity contribution in [3.8, 4) is 5.75 Å². The number of hydrogen-bond acceptors (Lipinski definition) is 6. The van der Waals surface area contributed by atoms with E-state index in [-0.39, 0.29) is 10.1 Å². The van der Waals surface area contributed by atoms with Gasteiger partial charge in [0.1, 0.15) is 30.8 Å². The molecule has 1 aromatic heterocycles. The third-order valence-electron chi connectivity index (χ3n) is 3.35. The first kappa shape index (κ1) is 26.2. The fourth-order valence-electron chi connectivity index (χ4n) is 1.94. The van der Waals surface area contributed by atoms with Crippen molar-refractivity contribution in [2.24, 2.45) is 0 Å². The van der Waals surface area contributed by atoms with Crippen LogP contribution in [0.3, 0.4) is 0 Å².